The molecule has 4 aromatic rings. The lowest BCUT2D eigenvalue weighted by molar-refractivity contribution is -0.118. The van der Waals surface area contributed by atoms with Crippen LogP contribution in [0.2, 0.25) is 0 Å². The van der Waals surface area contributed by atoms with Crippen molar-refractivity contribution in [2.24, 2.45) is 5.92 Å². The molecular formula is C37H45FN6O3. The Morgan fingerprint density at radius 3 is 2.53 bits per heavy atom. The highest BCUT2D eigenvalue weighted by molar-refractivity contribution is 5.99. The highest BCUT2D eigenvalue weighted by Crippen LogP contribution is 2.34. The minimum Gasteiger partial charge on any atom is -0.491 e. The van der Waals surface area contributed by atoms with Crippen molar-refractivity contribution in [2.45, 2.75) is 45.2 Å². The number of amides is 3. The molecule has 0 spiro atoms. The second kappa shape index (κ2) is 14.0. The molecule has 9 nitrogen and oxygen atoms in total. The van der Waals surface area contributed by atoms with E-state index in [1.165, 1.54) is 12.1 Å². The zero-order valence-electron chi connectivity index (χ0n) is 27.7. The first-order valence-electron chi connectivity index (χ1n) is 16.5. The van der Waals surface area contributed by atoms with Crippen LogP contribution in [0.3, 0.4) is 0 Å². The van der Waals surface area contributed by atoms with Gasteiger partial charge in [-0.1, -0.05) is 31.2 Å². The molecule has 3 N–H and O–H groups in total. The normalized spacial score (nSPS) is 16.3. The van der Waals surface area contributed by atoms with Crippen LogP contribution in [0.1, 0.15) is 42.4 Å². The minimum atomic E-state index is -0.868. The number of nitrogens with zero attached hydrogens (tertiary/aromatic N) is 3. The zero-order valence-corrected chi connectivity index (χ0v) is 27.7. The number of fused-ring (bicyclic) bond motifs is 1. The molecule has 0 bridgehead atoms. The molecule has 248 valence electrons. The maximum absolute atomic E-state index is 14.3. The van der Waals surface area contributed by atoms with Crippen LogP contribution in [0.5, 0.6) is 5.75 Å². The summed E-state index contributed by atoms with van der Waals surface area (Å²) in [4.78, 5) is 37.4. The fourth-order valence-electron chi connectivity index (χ4n) is 6.38. The van der Waals surface area contributed by atoms with Gasteiger partial charge in [0.2, 0.25) is 5.91 Å². The lowest BCUT2D eigenvalue weighted by Gasteiger charge is -2.37. The number of hydrogen-bond donors (Lipinski definition) is 3. The van der Waals surface area contributed by atoms with Gasteiger partial charge < -0.3 is 35.1 Å². The largest absolute Gasteiger partial charge is 0.491 e. The van der Waals surface area contributed by atoms with E-state index in [1.54, 1.807) is 11.0 Å². The van der Waals surface area contributed by atoms with Crippen LogP contribution in [-0.2, 0) is 11.3 Å². The van der Waals surface area contributed by atoms with Gasteiger partial charge in [0.15, 0.2) is 0 Å². The van der Waals surface area contributed by atoms with Gasteiger partial charge in [0.05, 0.1) is 12.3 Å². The van der Waals surface area contributed by atoms with Gasteiger partial charge in [-0.25, -0.2) is 9.18 Å². The van der Waals surface area contributed by atoms with Crippen LogP contribution in [0, 0.1) is 18.7 Å². The van der Waals surface area contributed by atoms with Crippen molar-refractivity contribution in [1.82, 2.24) is 20.1 Å². The summed E-state index contributed by atoms with van der Waals surface area (Å²) in [6.07, 6.45) is 4.25. The average molecular weight is 641 g/mol. The Bertz CT molecular complexity index is 1730. The van der Waals surface area contributed by atoms with Gasteiger partial charge in [0.1, 0.15) is 17.6 Å². The number of benzene rings is 3. The van der Waals surface area contributed by atoms with Crippen molar-refractivity contribution in [3.05, 3.63) is 89.4 Å². The third-order valence-corrected chi connectivity index (χ3v) is 9.21. The summed E-state index contributed by atoms with van der Waals surface area (Å²) in [7, 11) is 4.01. The first-order chi connectivity index (χ1) is 22.7. The molecular weight excluding hydrogens is 595 g/mol. The molecule has 1 aliphatic heterocycles. The summed E-state index contributed by atoms with van der Waals surface area (Å²) in [6, 6.07) is 17.5. The van der Waals surface area contributed by atoms with Crippen LogP contribution in [-0.4, -0.2) is 79.6 Å². The van der Waals surface area contributed by atoms with Gasteiger partial charge in [-0.15, -0.1) is 0 Å². The number of urea groups is 1. The van der Waals surface area contributed by atoms with Crippen molar-refractivity contribution < 1.29 is 18.7 Å². The maximum atomic E-state index is 14.3. The van der Waals surface area contributed by atoms with Crippen LogP contribution in [0.25, 0.3) is 10.9 Å². The summed E-state index contributed by atoms with van der Waals surface area (Å²) in [6.45, 7) is 7.36. The van der Waals surface area contributed by atoms with Crippen LogP contribution in [0.4, 0.5) is 20.6 Å². The highest BCUT2D eigenvalue weighted by Gasteiger charge is 2.33. The van der Waals surface area contributed by atoms with E-state index in [-0.39, 0.29) is 23.7 Å². The summed E-state index contributed by atoms with van der Waals surface area (Å²) < 4.78 is 19.9. The third kappa shape index (κ3) is 7.71. The Hall–Kier alpha value is -4.57. The van der Waals surface area contributed by atoms with Crippen molar-refractivity contribution >= 4 is 34.2 Å². The monoisotopic (exact) mass is 640 g/mol. The second-order valence-electron chi connectivity index (χ2n) is 13.2. The lowest BCUT2D eigenvalue weighted by Crippen LogP contribution is -2.56. The second-order valence-corrected chi connectivity index (χ2v) is 13.2. The van der Waals surface area contributed by atoms with Crippen molar-refractivity contribution in [2.75, 3.05) is 57.1 Å². The number of rotatable bonds is 11. The molecule has 2 aliphatic rings. The number of carbonyl (C=O) groups excluding carboxylic acids is 2. The van der Waals surface area contributed by atoms with Crippen molar-refractivity contribution in [3.8, 4) is 5.75 Å². The fraction of sp³-hybridized carbons (Fsp3) is 0.405. The number of anilines is 2. The zero-order chi connectivity index (χ0) is 33.1. The highest BCUT2D eigenvalue weighted by atomic mass is 19.1. The van der Waals surface area contributed by atoms with Crippen molar-refractivity contribution in [1.29, 1.82) is 0 Å². The molecule has 1 aliphatic carbocycles. The van der Waals surface area contributed by atoms with E-state index < -0.39 is 6.04 Å². The van der Waals surface area contributed by atoms with E-state index >= 15 is 0 Å². The average Bonchev–Trinajstić information content (AvgIpc) is 3.78. The van der Waals surface area contributed by atoms with Gasteiger partial charge in [0.25, 0.3) is 0 Å². The molecule has 2 heterocycles. The van der Waals surface area contributed by atoms with Crippen LogP contribution in [0.15, 0.2) is 66.9 Å². The number of aryl methyl sites for hydroxylation is 1. The van der Waals surface area contributed by atoms with Gasteiger partial charge in [0, 0.05) is 61.4 Å². The van der Waals surface area contributed by atoms with E-state index in [2.05, 4.69) is 25.4 Å². The first-order valence-corrected chi connectivity index (χ1v) is 16.5. The lowest BCUT2D eigenvalue weighted by atomic mass is 9.92. The number of aromatic nitrogens is 1. The number of halogens is 1. The smallest absolute Gasteiger partial charge is 0.318 e. The van der Waals surface area contributed by atoms with Gasteiger partial charge in [-0.05, 0) is 92.9 Å². The molecule has 1 saturated heterocycles. The number of H-pyrrole nitrogens is 1. The molecule has 3 aromatic carbocycles. The summed E-state index contributed by atoms with van der Waals surface area (Å²) >= 11 is 0. The quantitative estimate of drug-likeness (QED) is 0.184. The fourth-order valence-corrected chi connectivity index (χ4v) is 6.38. The molecule has 1 saturated carbocycles. The number of para-hydroxylation sites is 1. The van der Waals surface area contributed by atoms with E-state index in [4.69, 9.17) is 4.74 Å². The van der Waals surface area contributed by atoms with Gasteiger partial charge >= 0.3 is 6.03 Å². The Balaban J connectivity index is 1.23. The Morgan fingerprint density at radius 1 is 1.04 bits per heavy atom. The van der Waals surface area contributed by atoms with E-state index in [0.29, 0.717) is 56.7 Å². The summed E-state index contributed by atoms with van der Waals surface area (Å²) in [5, 5.41) is 7.26. The van der Waals surface area contributed by atoms with Gasteiger partial charge in [-0.3, -0.25) is 4.79 Å². The number of piperazine rings is 1. The molecule has 3 amide bonds. The molecule has 0 radical (unpaired) electrons. The molecule has 0 unspecified atom stereocenters. The predicted octanol–water partition coefficient (Wildman–Crippen LogP) is 6.11. The number of ether oxygens (including phenoxy) is 1. The molecule has 1 aromatic heterocycles. The third-order valence-electron chi connectivity index (χ3n) is 9.21. The topological polar surface area (TPSA) is 92.9 Å². The molecule has 6 rings (SSSR count). The molecule has 2 atom stereocenters. The SMILES string of the molecule is Cc1cc(F)ccc1N1CCN(C(=O)N[C@@H](C(=O)Nc2cc(CN(C)C)ccc2OCC2CC2)[C@H](C)c2c[nH]c3ccccc23)CC1. The van der Waals surface area contributed by atoms with E-state index in [9.17, 15) is 14.0 Å². The van der Waals surface area contributed by atoms with Gasteiger partial charge in [-0.2, -0.15) is 0 Å². The van der Waals surface area contributed by atoms with Crippen LogP contribution < -0.4 is 20.3 Å². The summed E-state index contributed by atoms with van der Waals surface area (Å²) in [5.41, 5.74) is 5.39. The predicted molar refractivity (Wildman–Crippen MR) is 185 cm³/mol. The Kier molecular flexibility index (Phi) is 9.68. The van der Waals surface area contributed by atoms with Crippen molar-refractivity contribution in [3.63, 3.8) is 0 Å². The number of nitrogens with one attached hydrogen (secondary N) is 3. The summed E-state index contributed by atoms with van der Waals surface area (Å²) in [5.74, 6) is 0.268. The Labute approximate surface area is 276 Å². The number of aromatic amines is 1. The minimum absolute atomic E-state index is 0.260. The van der Waals surface area contributed by atoms with Crippen LogP contribution >= 0.6 is 0 Å². The number of hydrogen-bond acceptors (Lipinski definition) is 5. The van der Waals surface area contributed by atoms with E-state index in [1.807, 2.05) is 76.6 Å². The standard InChI is InChI=1S/C37H45FN6O3/c1-24-19-28(38)12-13-33(24)43-15-17-44(18-16-43)37(46)41-35(25(2)30-21-39-31-8-6-5-7-29(30)31)36(45)40-32-20-27(22-42(3)4)11-14-34(32)47-23-26-9-10-26/h5-8,11-14,19-21,25-26,35,39H,9-10,15-18,22-23H2,1-4H3,(H,40,45)(H,41,46)/t25-,35-/m1/s1. The number of carbonyl (C=O) groups is 2. The molecule has 2 fully saturated rings. The maximum Gasteiger partial charge on any atom is 0.318 e. The molecule has 47 heavy (non-hydrogen) atoms. The first kappa shape index (κ1) is 32.4. The van der Waals surface area contributed by atoms with E-state index in [0.717, 1.165) is 46.1 Å². The molecule has 10 heteroatoms. The Morgan fingerprint density at radius 2 is 1.81 bits per heavy atom.